The first kappa shape index (κ1) is 18.9. The van der Waals surface area contributed by atoms with Crippen molar-refractivity contribution < 1.29 is 13.9 Å². The van der Waals surface area contributed by atoms with Crippen LogP contribution < -0.4 is 10.1 Å². The van der Waals surface area contributed by atoms with E-state index in [4.69, 9.17) is 4.74 Å². The van der Waals surface area contributed by atoms with Gasteiger partial charge in [0.1, 0.15) is 17.1 Å². The van der Waals surface area contributed by atoms with E-state index in [2.05, 4.69) is 15.3 Å². The zero-order valence-corrected chi connectivity index (χ0v) is 16.3. The maximum atomic E-state index is 13.4. The minimum absolute atomic E-state index is 0.141. The summed E-state index contributed by atoms with van der Waals surface area (Å²) >= 11 is 1.28. The molecule has 146 valence electrons. The van der Waals surface area contributed by atoms with Gasteiger partial charge < -0.3 is 10.1 Å². The quantitative estimate of drug-likeness (QED) is 0.482. The Kier molecular flexibility index (Phi) is 5.44. The summed E-state index contributed by atoms with van der Waals surface area (Å²) in [6.07, 6.45) is 1.67. The number of imidazole rings is 1. The smallest absolute Gasteiger partial charge is 0.234 e. The van der Waals surface area contributed by atoms with Crippen LogP contribution in [0.15, 0.2) is 72.0 Å². The largest absolute Gasteiger partial charge is 0.495 e. The lowest BCUT2D eigenvalue weighted by Crippen LogP contribution is -2.15. The fourth-order valence-corrected chi connectivity index (χ4v) is 3.69. The average Bonchev–Trinajstić information content (AvgIpc) is 3.12. The van der Waals surface area contributed by atoms with Crippen molar-refractivity contribution in [2.45, 2.75) is 5.16 Å². The van der Waals surface area contributed by atoms with Gasteiger partial charge in [-0.05, 0) is 48.5 Å². The van der Waals surface area contributed by atoms with E-state index in [1.807, 2.05) is 22.8 Å². The van der Waals surface area contributed by atoms with Crippen molar-refractivity contribution in [3.8, 4) is 11.4 Å². The predicted octanol–water partition coefficient (Wildman–Crippen LogP) is 4.30. The van der Waals surface area contributed by atoms with Gasteiger partial charge in [-0.15, -0.1) is 0 Å². The van der Waals surface area contributed by atoms with Crippen molar-refractivity contribution in [3.05, 3.63) is 72.7 Å². The molecule has 6 nitrogen and oxygen atoms in total. The molecule has 0 unspecified atom stereocenters. The summed E-state index contributed by atoms with van der Waals surface area (Å²) in [6, 6.07) is 16.9. The number of hydrogen-bond acceptors (Lipinski definition) is 5. The van der Waals surface area contributed by atoms with E-state index in [0.29, 0.717) is 27.8 Å². The third-order valence-corrected chi connectivity index (χ3v) is 5.12. The molecule has 0 aliphatic heterocycles. The highest BCUT2D eigenvalue weighted by Gasteiger charge is 2.16. The molecular weight excluding hydrogens is 391 g/mol. The van der Waals surface area contributed by atoms with E-state index in [0.717, 1.165) is 5.69 Å². The van der Waals surface area contributed by atoms with Crippen molar-refractivity contribution in [1.82, 2.24) is 14.5 Å². The van der Waals surface area contributed by atoms with Crippen LogP contribution in [0.4, 0.5) is 10.1 Å². The Balaban J connectivity index is 1.58. The number of methoxy groups -OCH3 is 1. The van der Waals surface area contributed by atoms with Crippen molar-refractivity contribution in [1.29, 1.82) is 0 Å². The van der Waals surface area contributed by atoms with Crippen LogP contribution >= 0.6 is 11.8 Å². The van der Waals surface area contributed by atoms with E-state index in [1.54, 1.807) is 43.6 Å². The SMILES string of the molecule is COc1ccccc1NC(=O)CSc1nc2cccnc2n1-c1ccc(F)cc1. The van der Waals surface area contributed by atoms with Gasteiger partial charge in [0.25, 0.3) is 0 Å². The second kappa shape index (κ2) is 8.32. The molecule has 0 aliphatic carbocycles. The van der Waals surface area contributed by atoms with Gasteiger partial charge in [0.05, 0.1) is 18.6 Å². The van der Waals surface area contributed by atoms with E-state index < -0.39 is 0 Å². The lowest BCUT2D eigenvalue weighted by molar-refractivity contribution is -0.113. The molecule has 0 spiro atoms. The molecule has 0 aliphatic rings. The van der Waals surface area contributed by atoms with Crippen LogP contribution in [0.2, 0.25) is 0 Å². The molecule has 1 amide bonds. The number of fused-ring (bicyclic) bond motifs is 1. The molecule has 0 saturated carbocycles. The third kappa shape index (κ3) is 4.07. The van der Waals surface area contributed by atoms with Gasteiger partial charge in [-0.2, -0.15) is 0 Å². The average molecular weight is 408 g/mol. The highest BCUT2D eigenvalue weighted by molar-refractivity contribution is 7.99. The van der Waals surface area contributed by atoms with Gasteiger partial charge in [-0.25, -0.2) is 14.4 Å². The number of hydrogen-bond donors (Lipinski definition) is 1. The Bertz CT molecular complexity index is 1160. The van der Waals surface area contributed by atoms with Crippen LogP contribution in [0.3, 0.4) is 0 Å². The lowest BCUT2D eigenvalue weighted by Gasteiger charge is -2.10. The van der Waals surface area contributed by atoms with Crippen LogP contribution in [-0.4, -0.2) is 33.3 Å². The number of nitrogens with one attached hydrogen (secondary N) is 1. The second-order valence-corrected chi connectivity index (χ2v) is 7.03. The number of carbonyl (C=O) groups excluding carboxylic acids is 1. The number of carbonyl (C=O) groups is 1. The monoisotopic (exact) mass is 408 g/mol. The summed E-state index contributed by atoms with van der Waals surface area (Å²) < 4.78 is 20.4. The molecule has 0 bridgehead atoms. The Morgan fingerprint density at radius 2 is 1.93 bits per heavy atom. The zero-order chi connectivity index (χ0) is 20.2. The number of nitrogens with zero attached hydrogens (tertiary/aromatic N) is 3. The van der Waals surface area contributed by atoms with Crippen LogP contribution in [0.1, 0.15) is 0 Å². The third-order valence-electron chi connectivity index (χ3n) is 4.18. The van der Waals surface area contributed by atoms with Gasteiger partial charge in [0, 0.05) is 11.9 Å². The van der Waals surface area contributed by atoms with E-state index in [1.165, 1.54) is 23.9 Å². The van der Waals surface area contributed by atoms with Crippen molar-refractivity contribution >= 4 is 34.5 Å². The molecule has 29 heavy (non-hydrogen) atoms. The van der Waals surface area contributed by atoms with Crippen molar-refractivity contribution in [3.63, 3.8) is 0 Å². The summed E-state index contributed by atoms with van der Waals surface area (Å²) in [4.78, 5) is 21.5. The first-order valence-electron chi connectivity index (χ1n) is 8.81. The maximum Gasteiger partial charge on any atom is 0.234 e. The molecule has 4 rings (SSSR count). The summed E-state index contributed by atoms with van der Waals surface area (Å²) in [5.74, 6) is 0.220. The van der Waals surface area contributed by atoms with Crippen LogP contribution in [-0.2, 0) is 4.79 Å². The van der Waals surface area contributed by atoms with Crippen LogP contribution in [0.5, 0.6) is 5.75 Å². The number of rotatable bonds is 6. The molecular formula is C21H17FN4O2S. The zero-order valence-electron chi connectivity index (χ0n) is 15.5. The standard InChI is InChI=1S/C21H17FN4O2S/c1-28-18-7-3-2-5-16(18)24-19(27)13-29-21-25-17-6-4-12-23-20(17)26(21)15-10-8-14(22)9-11-15/h2-12H,13H2,1H3,(H,24,27). The molecule has 0 saturated heterocycles. The predicted molar refractivity (Wildman–Crippen MR) is 111 cm³/mol. The fraction of sp³-hybridized carbons (Fsp3) is 0.0952. The normalized spacial score (nSPS) is 10.8. The van der Waals surface area contributed by atoms with Gasteiger partial charge >= 0.3 is 0 Å². The van der Waals surface area contributed by atoms with E-state index in [-0.39, 0.29) is 17.5 Å². The molecule has 2 heterocycles. The van der Waals surface area contributed by atoms with Gasteiger partial charge in [0.15, 0.2) is 10.8 Å². The molecule has 0 fully saturated rings. The number of amides is 1. The summed E-state index contributed by atoms with van der Waals surface area (Å²) in [7, 11) is 1.55. The number of benzene rings is 2. The minimum atomic E-state index is -0.323. The Morgan fingerprint density at radius 3 is 2.72 bits per heavy atom. The summed E-state index contributed by atoms with van der Waals surface area (Å²) in [5, 5.41) is 3.44. The Labute approximate surface area is 170 Å². The number of para-hydroxylation sites is 2. The molecule has 8 heteroatoms. The van der Waals surface area contributed by atoms with Gasteiger partial charge in [-0.1, -0.05) is 23.9 Å². The highest BCUT2D eigenvalue weighted by Crippen LogP contribution is 2.28. The van der Waals surface area contributed by atoms with Crippen molar-refractivity contribution in [2.75, 3.05) is 18.2 Å². The first-order valence-corrected chi connectivity index (χ1v) is 9.79. The van der Waals surface area contributed by atoms with Crippen molar-refractivity contribution in [2.24, 2.45) is 0 Å². The number of anilines is 1. The number of aromatic nitrogens is 3. The topological polar surface area (TPSA) is 69.0 Å². The lowest BCUT2D eigenvalue weighted by atomic mass is 10.3. The summed E-state index contributed by atoms with van der Waals surface area (Å²) in [6.45, 7) is 0. The highest BCUT2D eigenvalue weighted by atomic mass is 32.2. The number of pyridine rings is 1. The number of ether oxygens (including phenoxy) is 1. The number of thioether (sulfide) groups is 1. The van der Waals surface area contributed by atoms with E-state index >= 15 is 0 Å². The second-order valence-electron chi connectivity index (χ2n) is 6.09. The Hall–Kier alpha value is -3.39. The Morgan fingerprint density at radius 1 is 1.14 bits per heavy atom. The molecule has 1 N–H and O–H groups in total. The minimum Gasteiger partial charge on any atom is -0.495 e. The molecule has 0 atom stereocenters. The molecule has 2 aromatic heterocycles. The molecule has 0 radical (unpaired) electrons. The van der Waals surface area contributed by atoms with Crippen LogP contribution in [0, 0.1) is 5.82 Å². The maximum absolute atomic E-state index is 13.4. The first-order chi connectivity index (χ1) is 14.2. The summed E-state index contributed by atoms with van der Waals surface area (Å²) in [5.41, 5.74) is 2.67. The molecule has 2 aromatic carbocycles. The number of halogens is 1. The van der Waals surface area contributed by atoms with E-state index in [9.17, 15) is 9.18 Å². The fourth-order valence-electron chi connectivity index (χ4n) is 2.88. The molecule has 4 aromatic rings. The van der Waals surface area contributed by atoms with Gasteiger partial charge in [0.2, 0.25) is 5.91 Å². The van der Waals surface area contributed by atoms with Gasteiger partial charge in [-0.3, -0.25) is 9.36 Å². The van der Waals surface area contributed by atoms with Crippen LogP contribution in [0.25, 0.3) is 16.9 Å².